The Balaban J connectivity index is 1.93. The lowest BCUT2D eigenvalue weighted by molar-refractivity contribution is -0.137. The number of rotatable bonds is 4. The number of anilines is 1. The highest BCUT2D eigenvalue weighted by Crippen LogP contribution is 2.44. The van der Waals surface area contributed by atoms with Crippen molar-refractivity contribution in [1.29, 1.82) is 0 Å². The van der Waals surface area contributed by atoms with Crippen molar-refractivity contribution < 1.29 is 22.7 Å². The van der Waals surface area contributed by atoms with Gasteiger partial charge in [0.25, 0.3) is 0 Å². The summed E-state index contributed by atoms with van der Waals surface area (Å²) in [6.07, 6.45) is -3.47. The molecule has 2 aromatic heterocycles. The van der Waals surface area contributed by atoms with Crippen LogP contribution in [0, 0.1) is 0 Å². The van der Waals surface area contributed by atoms with E-state index in [0.29, 0.717) is 27.7 Å². The van der Waals surface area contributed by atoms with E-state index < -0.39 is 36.9 Å². The molecule has 0 saturated heterocycles. The first-order chi connectivity index (χ1) is 16.8. The molecular formula is C23H23Cl2F3N6O2. The van der Waals surface area contributed by atoms with E-state index in [1.807, 2.05) is 0 Å². The van der Waals surface area contributed by atoms with Crippen molar-refractivity contribution in [3.05, 3.63) is 63.9 Å². The van der Waals surface area contributed by atoms with Crippen LogP contribution in [0.2, 0.25) is 10.0 Å². The normalized spacial score (nSPS) is 16.4. The first-order valence-corrected chi connectivity index (χ1v) is 11.7. The van der Waals surface area contributed by atoms with E-state index in [9.17, 15) is 18.0 Å². The molecule has 1 aliphatic heterocycles. The molecule has 0 radical (unpaired) electrons. The van der Waals surface area contributed by atoms with Gasteiger partial charge in [-0.15, -0.1) is 0 Å². The zero-order chi connectivity index (χ0) is 26.4. The van der Waals surface area contributed by atoms with E-state index in [0.717, 1.165) is 0 Å². The second-order valence-electron chi connectivity index (χ2n) is 9.20. The fourth-order valence-electron chi connectivity index (χ4n) is 3.98. The number of nitrogens with zero attached hydrogens (tertiary/aromatic N) is 6. The number of alkyl halides is 3. The number of fused-ring (bicyclic) bond motifs is 1. The number of hydrogen-bond donors (Lipinski definition) is 0. The van der Waals surface area contributed by atoms with Crippen molar-refractivity contribution in [3.63, 3.8) is 0 Å². The summed E-state index contributed by atoms with van der Waals surface area (Å²) < 4.78 is 47.4. The van der Waals surface area contributed by atoms with Crippen LogP contribution >= 0.6 is 23.2 Å². The zero-order valence-corrected chi connectivity index (χ0v) is 21.4. The van der Waals surface area contributed by atoms with E-state index >= 15 is 0 Å². The van der Waals surface area contributed by atoms with Crippen LogP contribution < -0.4 is 4.90 Å². The van der Waals surface area contributed by atoms with Crippen molar-refractivity contribution in [1.82, 2.24) is 24.5 Å². The minimum Gasteiger partial charge on any atom is -0.443 e. The number of aromatic nitrogens is 5. The third-order valence-electron chi connectivity index (χ3n) is 5.42. The third-order valence-corrected chi connectivity index (χ3v) is 6.16. The SMILES string of the molecule is CC1=C(c2ncnn2CCC(F)(F)F)[C@@H](c2ccc(Cl)c(Cl)c2)n2nccc2N1C(=O)OC(C)(C)C. The Morgan fingerprint density at radius 3 is 2.47 bits per heavy atom. The van der Waals surface area contributed by atoms with Crippen LogP contribution in [0.5, 0.6) is 0 Å². The molecule has 192 valence electrons. The van der Waals surface area contributed by atoms with Crippen molar-refractivity contribution in [2.45, 2.75) is 58.5 Å². The van der Waals surface area contributed by atoms with Crippen LogP contribution in [0.4, 0.5) is 23.8 Å². The molecular weight excluding hydrogens is 520 g/mol. The highest BCUT2D eigenvalue weighted by atomic mass is 35.5. The lowest BCUT2D eigenvalue weighted by atomic mass is 9.94. The summed E-state index contributed by atoms with van der Waals surface area (Å²) in [5.41, 5.74) is 0.651. The standard InChI is InChI=1S/C23H23Cl2F3N6O2/c1-13-18(20-29-12-31-32(20)10-8-23(26,27)28)19(14-5-6-15(24)16(25)11-14)34-17(7-9-30-34)33(13)21(35)36-22(2,3)4/h5-7,9,11-12,19H,8,10H2,1-4H3/t19-/m1/s1. The predicted molar refractivity (Wildman–Crippen MR) is 129 cm³/mol. The maximum Gasteiger partial charge on any atom is 0.420 e. The fraction of sp³-hybridized carbons (Fsp3) is 0.391. The Morgan fingerprint density at radius 2 is 1.83 bits per heavy atom. The van der Waals surface area contributed by atoms with Crippen LogP contribution in [-0.2, 0) is 11.3 Å². The van der Waals surface area contributed by atoms with Crippen molar-refractivity contribution in [3.8, 4) is 0 Å². The monoisotopic (exact) mass is 542 g/mol. The third kappa shape index (κ3) is 5.22. The fourth-order valence-corrected chi connectivity index (χ4v) is 4.28. The van der Waals surface area contributed by atoms with Crippen LogP contribution in [0.3, 0.4) is 0 Å². The van der Waals surface area contributed by atoms with Gasteiger partial charge in [-0.1, -0.05) is 29.3 Å². The average Bonchev–Trinajstić information content (AvgIpc) is 3.41. The molecule has 0 fully saturated rings. The number of benzene rings is 1. The summed E-state index contributed by atoms with van der Waals surface area (Å²) in [7, 11) is 0. The predicted octanol–water partition coefficient (Wildman–Crippen LogP) is 6.51. The van der Waals surface area contributed by atoms with Gasteiger partial charge >= 0.3 is 12.3 Å². The van der Waals surface area contributed by atoms with Gasteiger partial charge < -0.3 is 4.74 Å². The highest BCUT2D eigenvalue weighted by Gasteiger charge is 2.40. The van der Waals surface area contributed by atoms with Crippen LogP contribution in [0.1, 0.15) is 51.5 Å². The van der Waals surface area contributed by atoms with Gasteiger partial charge in [-0.2, -0.15) is 23.4 Å². The molecule has 0 aliphatic carbocycles. The molecule has 1 aliphatic rings. The van der Waals surface area contributed by atoms with Crippen LogP contribution in [0.15, 0.2) is 42.5 Å². The Bertz CT molecular complexity index is 1330. The Labute approximate surface area is 215 Å². The van der Waals surface area contributed by atoms with Gasteiger partial charge in [0.05, 0.1) is 29.2 Å². The quantitative estimate of drug-likeness (QED) is 0.375. The number of aryl methyl sites for hydroxylation is 1. The number of halogens is 5. The minimum atomic E-state index is -4.39. The molecule has 0 saturated carbocycles. The molecule has 1 aromatic carbocycles. The molecule has 8 nitrogen and oxygen atoms in total. The first-order valence-electron chi connectivity index (χ1n) is 10.9. The average molecular weight is 543 g/mol. The van der Waals surface area contributed by atoms with Gasteiger partial charge in [0.2, 0.25) is 0 Å². The summed E-state index contributed by atoms with van der Waals surface area (Å²) in [5, 5.41) is 9.07. The summed E-state index contributed by atoms with van der Waals surface area (Å²) in [4.78, 5) is 18.9. The number of allylic oxidation sites excluding steroid dienone is 2. The number of amides is 1. The molecule has 1 amide bonds. The smallest absolute Gasteiger partial charge is 0.420 e. The lowest BCUT2D eigenvalue weighted by Crippen LogP contribution is -2.41. The van der Waals surface area contributed by atoms with E-state index in [-0.39, 0.29) is 10.8 Å². The molecule has 0 spiro atoms. The van der Waals surface area contributed by atoms with Crippen molar-refractivity contribution in [2.24, 2.45) is 0 Å². The number of hydrogen-bond acceptors (Lipinski definition) is 5. The summed E-state index contributed by atoms with van der Waals surface area (Å²) in [5.74, 6) is 0.561. The second-order valence-corrected chi connectivity index (χ2v) is 10.0. The molecule has 4 rings (SSSR count). The van der Waals surface area contributed by atoms with Gasteiger partial charge in [0.15, 0.2) is 5.82 Å². The topological polar surface area (TPSA) is 78.1 Å². The lowest BCUT2D eigenvalue weighted by Gasteiger charge is -2.36. The van der Waals surface area contributed by atoms with E-state index in [2.05, 4.69) is 15.2 Å². The molecule has 13 heteroatoms. The minimum absolute atomic E-state index is 0.155. The maximum absolute atomic E-state index is 13.3. The number of carbonyl (C=O) groups is 1. The molecule has 0 bridgehead atoms. The van der Waals surface area contributed by atoms with Crippen LogP contribution in [-0.4, -0.2) is 42.4 Å². The number of carbonyl (C=O) groups excluding carboxylic acids is 1. The van der Waals surface area contributed by atoms with Gasteiger partial charge in [-0.25, -0.2) is 24.0 Å². The molecule has 3 heterocycles. The van der Waals surface area contributed by atoms with Crippen LogP contribution in [0.25, 0.3) is 5.57 Å². The first kappa shape index (κ1) is 26.0. The maximum atomic E-state index is 13.3. The van der Waals surface area contributed by atoms with Crippen molar-refractivity contribution >= 4 is 40.7 Å². The Morgan fingerprint density at radius 1 is 1.11 bits per heavy atom. The molecule has 36 heavy (non-hydrogen) atoms. The Hall–Kier alpha value is -3.05. The molecule has 0 unspecified atom stereocenters. The summed E-state index contributed by atoms with van der Waals surface area (Å²) in [6, 6.07) is 5.94. The van der Waals surface area contributed by atoms with E-state index in [1.165, 1.54) is 22.1 Å². The molecule has 0 N–H and O–H groups in total. The van der Waals surface area contributed by atoms with Gasteiger partial charge in [-0.05, 0) is 45.4 Å². The van der Waals surface area contributed by atoms with Crippen molar-refractivity contribution in [2.75, 3.05) is 4.90 Å². The number of ether oxygens (including phenoxy) is 1. The largest absolute Gasteiger partial charge is 0.443 e. The van der Waals surface area contributed by atoms with Gasteiger partial charge in [-0.3, -0.25) is 0 Å². The summed E-state index contributed by atoms with van der Waals surface area (Å²) in [6.45, 7) is 6.42. The van der Waals surface area contributed by atoms with E-state index in [4.69, 9.17) is 27.9 Å². The Kier molecular flexibility index (Phi) is 6.82. The van der Waals surface area contributed by atoms with Gasteiger partial charge in [0.1, 0.15) is 23.8 Å². The zero-order valence-electron chi connectivity index (χ0n) is 19.8. The molecule has 3 aromatic rings. The molecule has 1 atom stereocenters. The second kappa shape index (κ2) is 9.44. The van der Waals surface area contributed by atoms with Gasteiger partial charge in [0, 0.05) is 17.3 Å². The summed E-state index contributed by atoms with van der Waals surface area (Å²) >= 11 is 12.4. The van der Waals surface area contributed by atoms with E-state index in [1.54, 1.807) is 56.6 Å². The highest BCUT2D eigenvalue weighted by molar-refractivity contribution is 6.42.